The molecule has 0 nitrogen and oxygen atoms in total. The Hall–Kier alpha value is -0.520. The van der Waals surface area contributed by atoms with E-state index in [2.05, 4.69) is 39.8 Å². The molecule has 0 N–H and O–H groups in total. The van der Waals surface area contributed by atoms with Gasteiger partial charge in [-0.15, -0.1) is 0 Å². The van der Waals surface area contributed by atoms with Gasteiger partial charge in [-0.05, 0) is 27.7 Å². The first-order chi connectivity index (χ1) is 3.66. The second-order valence-corrected chi connectivity index (χ2v) is 2.25. The van der Waals surface area contributed by atoms with Crippen LogP contribution in [0.15, 0.2) is 23.3 Å². The Kier molecular flexibility index (Phi) is 3.25. The third-order valence-electron chi connectivity index (χ3n) is 0.972. The first kappa shape index (κ1) is 7.48. The number of allylic oxidation sites excluding steroid dienone is 4. The van der Waals surface area contributed by atoms with Gasteiger partial charge < -0.3 is 0 Å². The lowest BCUT2D eigenvalue weighted by Crippen LogP contribution is -1.67. The molecule has 0 aliphatic rings. The molecular weight excluding hydrogens is 96.1 g/mol. The number of hydrogen-bond donors (Lipinski definition) is 0. The molecule has 0 spiro atoms. The molecular formula is C8H14. The monoisotopic (exact) mass is 110 g/mol. The maximum absolute atomic E-state index is 2.17. The highest BCUT2D eigenvalue weighted by atomic mass is 13.8. The van der Waals surface area contributed by atoms with Gasteiger partial charge in [0.1, 0.15) is 0 Å². The topological polar surface area (TPSA) is 0 Å². The number of hydrogen-bond acceptors (Lipinski definition) is 0. The molecule has 46 valence electrons. The first-order valence-electron chi connectivity index (χ1n) is 2.94. The summed E-state index contributed by atoms with van der Waals surface area (Å²) in [6, 6.07) is 0. The van der Waals surface area contributed by atoms with Gasteiger partial charge in [-0.25, -0.2) is 0 Å². The molecule has 0 heterocycles. The van der Waals surface area contributed by atoms with E-state index >= 15 is 0 Å². The lowest BCUT2D eigenvalue weighted by molar-refractivity contribution is 1.34. The summed E-state index contributed by atoms with van der Waals surface area (Å²) in [5.74, 6) is 0. The van der Waals surface area contributed by atoms with E-state index < -0.39 is 0 Å². The lowest BCUT2D eigenvalue weighted by Gasteiger charge is -1.88. The fraction of sp³-hybridized carbons (Fsp3) is 0.500. The van der Waals surface area contributed by atoms with Crippen LogP contribution in [-0.2, 0) is 0 Å². The van der Waals surface area contributed by atoms with Crippen molar-refractivity contribution in [2.24, 2.45) is 0 Å². The minimum atomic E-state index is 1.34. The quantitative estimate of drug-likeness (QED) is 0.455. The van der Waals surface area contributed by atoms with Crippen LogP contribution < -0.4 is 0 Å². The summed E-state index contributed by atoms with van der Waals surface area (Å²) in [5.41, 5.74) is 2.70. The third kappa shape index (κ3) is 3.66. The van der Waals surface area contributed by atoms with E-state index in [9.17, 15) is 0 Å². The van der Waals surface area contributed by atoms with E-state index in [0.29, 0.717) is 0 Å². The van der Waals surface area contributed by atoms with Crippen molar-refractivity contribution in [3.05, 3.63) is 23.3 Å². The van der Waals surface area contributed by atoms with Crippen molar-refractivity contribution in [2.45, 2.75) is 27.7 Å². The van der Waals surface area contributed by atoms with Crippen molar-refractivity contribution in [2.75, 3.05) is 0 Å². The van der Waals surface area contributed by atoms with Gasteiger partial charge in [-0.3, -0.25) is 0 Å². The fourth-order valence-corrected chi connectivity index (χ4v) is 0.539. The van der Waals surface area contributed by atoms with E-state index in [1.807, 2.05) is 0 Å². The lowest BCUT2D eigenvalue weighted by atomic mass is 10.2. The van der Waals surface area contributed by atoms with E-state index in [0.717, 1.165) is 0 Å². The van der Waals surface area contributed by atoms with E-state index in [1.165, 1.54) is 11.1 Å². The SMILES string of the molecule is C/C=C(/C)C=C(C)C. The molecule has 0 heteroatoms. The first-order valence-corrected chi connectivity index (χ1v) is 2.94. The average Bonchev–Trinajstić information content (AvgIpc) is 1.65. The van der Waals surface area contributed by atoms with E-state index in [-0.39, 0.29) is 0 Å². The van der Waals surface area contributed by atoms with Gasteiger partial charge in [0.25, 0.3) is 0 Å². The van der Waals surface area contributed by atoms with Gasteiger partial charge in [-0.2, -0.15) is 0 Å². The van der Waals surface area contributed by atoms with Crippen molar-refractivity contribution in [1.29, 1.82) is 0 Å². The molecule has 0 aromatic heterocycles. The largest absolute Gasteiger partial charge is 0.0847 e. The zero-order chi connectivity index (χ0) is 6.57. The Morgan fingerprint density at radius 1 is 1.12 bits per heavy atom. The summed E-state index contributed by atoms with van der Waals surface area (Å²) in [4.78, 5) is 0. The molecule has 0 unspecified atom stereocenters. The Morgan fingerprint density at radius 2 is 1.62 bits per heavy atom. The third-order valence-corrected chi connectivity index (χ3v) is 0.972. The smallest absolute Gasteiger partial charge is 0.0401 e. The standard InChI is InChI=1S/C8H14/c1-5-8(4)6-7(2)3/h5-6H,1-4H3/b8-5-. The summed E-state index contributed by atoms with van der Waals surface area (Å²) in [7, 11) is 0. The Morgan fingerprint density at radius 3 is 1.75 bits per heavy atom. The molecule has 0 saturated heterocycles. The molecule has 0 atom stereocenters. The second-order valence-electron chi connectivity index (χ2n) is 2.25. The summed E-state index contributed by atoms with van der Waals surface area (Å²) in [6.45, 7) is 8.36. The minimum absolute atomic E-state index is 1.34. The molecule has 0 radical (unpaired) electrons. The molecule has 0 bridgehead atoms. The van der Waals surface area contributed by atoms with Crippen LogP contribution >= 0.6 is 0 Å². The molecule has 0 aromatic carbocycles. The van der Waals surface area contributed by atoms with Crippen molar-refractivity contribution in [1.82, 2.24) is 0 Å². The highest BCUT2D eigenvalue weighted by molar-refractivity contribution is 5.18. The fourth-order valence-electron chi connectivity index (χ4n) is 0.539. The molecule has 0 aliphatic heterocycles. The van der Waals surface area contributed by atoms with Crippen LogP contribution in [0.1, 0.15) is 27.7 Å². The van der Waals surface area contributed by atoms with Gasteiger partial charge in [0, 0.05) is 0 Å². The Balaban J connectivity index is 3.89. The maximum atomic E-state index is 2.17. The molecule has 0 saturated carbocycles. The molecule has 0 amide bonds. The second kappa shape index (κ2) is 3.48. The highest BCUT2D eigenvalue weighted by Crippen LogP contribution is 1.98. The normalized spacial score (nSPS) is 11.2. The zero-order valence-corrected chi connectivity index (χ0v) is 6.15. The van der Waals surface area contributed by atoms with Crippen molar-refractivity contribution < 1.29 is 0 Å². The average molecular weight is 110 g/mol. The van der Waals surface area contributed by atoms with Crippen molar-refractivity contribution in [3.63, 3.8) is 0 Å². The van der Waals surface area contributed by atoms with E-state index in [1.54, 1.807) is 0 Å². The Bertz CT molecular complexity index is 112. The van der Waals surface area contributed by atoms with Crippen LogP contribution in [0.3, 0.4) is 0 Å². The van der Waals surface area contributed by atoms with Crippen LogP contribution in [0.4, 0.5) is 0 Å². The maximum Gasteiger partial charge on any atom is -0.0401 e. The van der Waals surface area contributed by atoms with Crippen molar-refractivity contribution >= 4 is 0 Å². The molecule has 0 aromatic rings. The molecule has 8 heavy (non-hydrogen) atoms. The molecule has 0 aliphatic carbocycles. The van der Waals surface area contributed by atoms with Gasteiger partial charge in [0.2, 0.25) is 0 Å². The van der Waals surface area contributed by atoms with Gasteiger partial charge in [0.05, 0.1) is 0 Å². The minimum Gasteiger partial charge on any atom is -0.0847 e. The highest BCUT2D eigenvalue weighted by Gasteiger charge is 1.77. The predicted molar refractivity (Wildman–Crippen MR) is 38.9 cm³/mol. The molecule has 0 fully saturated rings. The summed E-state index contributed by atoms with van der Waals surface area (Å²) >= 11 is 0. The van der Waals surface area contributed by atoms with Crippen molar-refractivity contribution in [3.8, 4) is 0 Å². The van der Waals surface area contributed by atoms with Gasteiger partial charge in [-0.1, -0.05) is 23.3 Å². The van der Waals surface area contributed by atoms with Gasteiger partial charge in [0.15, 0.2) is 0 Å². The summed E-state index contributed by atoms with van der Waals surface area (Å²) in [6.07, 6.45) is 4.27. The van der Waals surface area contributed by atoms with E-state index in [4.69, 9.17) is 0 Å². The summed E-state index contributed by atoms with van der Waals surface area (Å²) < 4.78 is 0. The van der Waals surface area contributed by atoms with Crippen LogP contribution in [-0.4, -0.2) is 0 Å². The summed E-state index contributed by atoms with van der Waals surface area (Å²) in [5, 5.41) is 0. The molecule has 0 rings (SSSR count). The van der Waals surface area contributed by atoms with Crippen LogP contribution in [0.25, 0.3) is 0 Å². The zero-order valence-electron chi connectivity index (χ0n) is 6.15. The van der Waals surface area contributed by atoms with Crippen LogP contribution in [0.5, 0.6) is 0 Å². The number of rotatable bonds is 1. The Labute approximate surface area is 51.9 Å². The predicted octanol–water partition coefficient (Wildman–Crippen LogP) is 2.92. The van der Waals surface area contributed by atoms with Gasteiger partial charge >= 0.3 is 0 Å². The van der Waals surface area contributed by atoms with Crippen LogP contribution in [0.2, 0.25) is 0 Å². The van der Waals surface area contributed by atoms with Crippen LogP contribution in [0, 0.1) is 0 Å².